The topological polar surface area (TPSA) is 107 Å². The average molecular weight is 461 g/mol. The van der Waals surface area contributed by atoms with Gasteiger partial charge in [-0.1, -0.05) is 48.5 Å². The minimum atomic E-state index is -0.505. The second-order valence-electron chi connectivity index (χ2n) is 8.02. The lowest BCUT2D eigenvalue weighted by atomic mass is 10.0. The molecule has 0 atom stereocenters. The molecule has 0 saturated heterocycles. The molecule has 35 heavy (non-hydrogen) atoms. The fourth-order valence-corrected chi connectivity index (χ4v) is 4.28. The van der Waals surface area contributed by atoms with Crippen molar-refractivity contribution in [3.8, 4) is 22.6 Å². The van der Waals surface area contributed by atoms with Crippen LogP contribution in [0.5, 0.6) is 0 Å². The molecule has 0 fully saturated rings. The van der Waals surface area contributed by atoms with E-state index in [1.165, 1.54) is 23.1 Å². The Morgan fingerprint density at radius 2 is 1.49 bits per heavy atom. The van der Waals surface area contributed by atoms with Crippen molar-refractivity contribution in [2.45, 2.75) is 0 Å². The first-order chi connectivity index (χ1) is 17.0. The zero-order chi connectivity index (χ0) is 24.1. The predicted octanol–water partition coefficient (Wildman–Crippen LogP) is 5.87. The number of nitrogens with zero attached hydrogens (tertiary/aromatic N) is 3. The van der Waals surface area contributed by atoms with Gasteiger partial charge in [0.2, 0.25) is 5.89 Å². The third kappa shape index (κ3) is 3.27. The largest absolute Gasteiger partial charge is 0.436 e. The highest BCUT2D eigenvalue weighted by Crippen LogP contribution is 2.37. The first-order valence-corrected chi connectivity index (χ1v) is 10.7. The Kier molecular flexibility index (Phi) is 4.53. The van der Waals surface area contributed by atoms with Crippen LogP contribution < -0.4 is 4.90 Å². The van der Waals surface area contributed by atoms with Crippen molar-refractivity contribution < 1.29 is 18.9 Å². The number of hydrogen-bond acceptors (Lipinski definition) is 6. The van der Waals surface area contributed by atoms with Crippen LogP contribution in [0.2, 0.25) is 0 Å². The molecule has 1 aromatic heterocycles. The van der Waals surface area contributed by atoms with Crippen molar-refractivity contribution in [3.05, 3.63) is 112 Å². The molecule has 0 saturated carbocycles. The predicted molar refractivity (Wildman–Crippen MR) is 129 cm³/mol. The van der Waals surface area contributed by atoms with Crippen LogP contribution in [0.3, 0.4) is 0 Å². The second kappa shape index (κ2) is 7.74. The maximum atomic E-state index is 13.4. The molecule has 168 valence electrons. The fourth-order valence-electron chi connectivity index (χ4n) is 4.28. The SMILES string of the molecule is O=C1c2ccc(-c3nc4cc([N+](=O)[O-])ccc4o3)cc2C(=O)N1c1ccccc1-c1ccccc1. The summed E-state index contributed by atoms with van der Waals surface area (Å²) in [4.78, 5) is 42.8. The van der Waals surface area contributed by atoms with Gasteiger partial charge in [-0.2, -0.15) is 0 Å². The lowest BCUT2D eigenvalue weighted by Crippen LogP contribution is -2.29. The Hall–Kier alpha value is -5.11. The van der Waals surface area contributed by atoms with Gasteiger partial charge < -0.3 is 4.42 Å². The summed E-state index contributed by atoms with van der Waals surface area (Å²) in [6, 6.07) is 25.8. The minimum absolute atomic E-state index is 0.0974. The zero-order valence-electron chi connectivity index (χ0n) is 18.0. The van der Waals surface area contributed by atoms with E-state index >= 15 is 0 Å². The quantitative estimate of drug-likeness (QED) is 0.188. The monoisotopic (exact) mass is 461 g/mol. The number of amides is 2. The van der Waals surface area contributed by atoms with E-state index in [4.69, 9.17) is 4.42 Å². The van der Waals surface area contributed by atoms with Gasteiger partial charge in [-0.3, -0.25) is 19.7 Å². The van der Waals surface area contributed by atoms with Gasteiger partial charge in [0.05, 0.1) is 21.7 Å². The summed E-state index contributed by atoms with van der Waals surface area (Å²) >= 11 is 0. The summed E-state index contributed by atoms with van der Waals surface area (Å²) in [6.07, 6.45) is 0. The third-order valence-corrected chi connectivity index (χ3v) is 5.95. The molecule has 0 unspecified atom stereocenters. The number of imide groups is 1. The zero-order valence-corrected chi connectivity index (χ0v) is 18.0. The first kappa shape index (κ1) is 20.5. The van der Waals surface area contributed by atoms with Crippen LogP contribution in [-0.2, 0) is 0 Å². The molecular formula is C27H15N3O5. The molecule has 0 bridgehead atoms. The molecule has 4 aromatic carbocycles. The van der Waals surface area contributed by atoms with Crippen molar-refractivity contribution in [2.24, 2.45) is 0 Å². The van der Waals surface area contributed by atoms with Gasteiger partial charge >= 0.3 is 0 Å². The minimum Gasteiger partial charge on any atom is -0.436 e. The van der Waals surface area contributed by atoms with E-state index in [1.807, 2.05) is 42.5 Å². The van der Waals surface area contributed by atoms with E-state index in [0.717, 1.165) is 11.1 Å². The number of rotatable bonds is 4. The van der Waals surface area contributed by atoms with E-state index in [-0.39, 0.29) is 22.7 Å². The van der Waals surface area contributed by atoms with Gasteiger partial charge in [0, 0.05) is 23.3 Å². The molecular weight excluding hydrogens is 446 g/mol. The summed E-state index contributed by atoms with van der Waals surface area (Å²) in [5, 5.41) is 11.1. The van der Waals surface area contributed by atoms with Crippen molar-refractivity contribution in [1.82, 2.24) is 4.98 Å². The molecule has 0 spiro atoms. The Morgan fingerprint density at radius 3 is 2.29 bits per heavy atom. The number of carbonyl (C=O) groups excluding carboxylic acids is 2. The Labute approximate surface area is 198 Å². The number of fused-ring (bicyclic) bond motifs is 2. The van der Waals surface area contributed by atoms with E-state index < -0.39 is 16.7 Å². The number of nitro benzene ring substituents is 1. The lowest BCUT2D eigenvalue weighted by Gasteiger charge is -2.18. The van der Waals surface area contributed by atoms with E-state index in [9.17, 15) is 19.7 Å². The van der Waals surface area contributed by atoms with Gasteiger partial charge in [0.15, 0.2) is 5.58 Å². The average Bonchev–Trinajstić information content (AvgIpc) is 3.42. The highest BCUT2D eigenvalue weighted by atomic mass is 16.6. The van der Waals surface area contributed by atoms with Gasteiger partial charge in [-0.15, -0.1) is 0 Å². The van der Waals surface area contributed by atoms with Crippen LogP contribution in [0.4, 0.5) is 11.4 Å². The summed E-state index contributed by atoms with van der Waals surface area (Å²) in [5.74, 6) is -0.651. The van der Waals surface area contributed by atoms with Crippen LogP contribution in [0.15, 0.2) is 95.4 Å². The molecule has 8 nitrogen and oxygen atoms in total. The van der Waals surface area contributed by atoms with Crippen LogP contribution in [0.25, 0.3) is 33.7 Å². The van der Waals surface area contributed by atoms with Crippen LogP contribution in [-0.4, -0.2) is 21.7 Å². The molecule has 0 N–H and O–H groups in total. The van der Waals surface area contributed by atoms with Crippen molar-refractivity contribution in [2.75, 3.05) is 4.90 Å². The highest BCUT2D eigenvalue weighted by molar-refractivity contribution is 6.35. The summed E-state index contributed by atoms with van der Waals surface area (Å²) in [7, 11) is 0. The number of nitro groups is 1. The standard InChI is InChI=1S/C27H15N3O5/c31-26-20-12-10-17(25-28-22-15-18(30(33)34)11-13-24(22)35-25)14-21(20)27(32)29(26)23-9-5-4-8-19(23)16-6-2-1-3-7-16/h1-15H. The molecule has 1 aliphatic rings. The maximum Gasteiger partial charge on any atom is 0.271 e. The molecule has 5 aromatic rings. The third-order valence-electron chi connectivity index (χ3n) is 5.95. The fraction of sp³-hybridized carbons (Fsp3) is 0. The number of aromatic nitrogens is 1. The van der Waals surface area contributed by atoms with E-state index in [1.54, 1.807) is 30.3 Å². The Balaban J connectivity index is 1.41. The molecule has 2 heterocycles. The van der Waals surface area contributed by atoms with Gasteiger partial charge in [-0.25, -0.2) is 9.88 Å². The molecule has 0 aliphatic carbocycles. The summed E-state index contributed by atoms with van der Waals surface area (Å²) in [5.41, 5.74) is 3.78. The Morgan fingerprint density at radius 1 is 0.743 bits per heavy atom. The highest BCUT2D eigenvalue weighted by Gasteiger charge is 2.38. The van der Waals surface area contributed by atoms with Gasteiger partial charge in [0.1, 0.15) is 5.52 Å². The van der Waals surface area contributed by atoms with Crippen LogP contribution in [0, 0.1) is 10.1 Å². The molecule has 1 aliphatic heterocycles. The number of non-ortho nitro benzene ring substituents is 1. The number of anilines is 1. The number of benzene rings is 4. The summed E-state index contributed by atoms with van der Waals surface area (Å²) < 4.78 is 5.76. The summed E-state index contributed by atoms with van der Waals surface area (Å²) in [6.45, 7) is 0. The number of oxazole rings is 1. The molecule has 2 amide bonds. The number of hydrogen-bond donors (Lipinski definition) is 0. The molecule has 0 radical (unpaired) electrons. The molecule has 6 rings (SSSR count). The van der Waals surface area contributed by atoms with Crippen molar-refractivity contribution >= 4 is 34.3 Å². The van der Waals surface area contributed by atoms with E-state index in [2.05, 4.69) is 4.98 Å². The molecule has 8 heteroatoms. The van der Waals surface area contributed by atoms with Crippen molar-refractivity contribution in [1.29, 1.82) is 0 Å². The lowest BCUT2D eigenvalue weighted by molar-refractivity contribution is -0.384. The van der Waals surface area contributed by atoms with Gasteiger partial charge in [-0.05, 0) is 35.9 Å². The van der Waals surface area contributed by atoms with Gasteiger partial charge in [0.25, 0.3) is 17.5 Å². The first-order valence-electron chi connectivity index (χ1n) is 10.7. The second-order valence-corrected chi connectivity index (χ2v) is 8.02. The number of para-hydroxylation sites is 1. The van der Waals surface area contributed by atoms with E-state index in [0.29, 0.717) is 22.4 Å². The maximum absolute atomic E-state index is 13.4. The van der Waals surface area contributed by atoms with Crippen molar-refractivity contribution in [3.63, 3.8) is 0 Å². The van der Waals surface area contributed by atoms with Crippen LogP contribution in [0.1, 0.15) is 20.7 Å². The normalized spacial score (nSPS) is 12.9. The Bertz CT molecular complexity index is 1670. The smallest absolute Gasteiger partial charge is 0.271 e. The van der Waals surface area contributed by atoms with Crippen LogP contribution >= 0.6 is 0 Å². The number of carbonyl (C=O) groups is 2.